The van der Waals surface area contributed by atoms with Crippen LogP contribution in [0.2, 0.25) is 0 Å². The third-order valence-electron chi connectivity index (χ3n) is 7.11. The molecule has 0 N–H and O–H groups in total. The van der Waals surface area contributed by atoms with Gasteiger partial charge in [-0.25, -0.2) is 0 Å². The number of anilines is 1. The Balaban J connectivity index is 2.02. The molecule has 31 heavy (non-hydrogen) atoms. The average Bonchev–Trinajstić information content (AvgIpc) is 2.59. The van der Waals surface area contributed by atoms with Crippen LogP contribution < -0.4 is 9.64 Å². The molecule has 16 heteroatoms. The molecule has 0 aliphatic carbocycles. The molecule has 0 unspecified atom stereocenters. The van der Waals surface area contributed by atoms with E-state index in [0.717, 1.165) is 31.9 Å². The van der Waals surface area contributed by atoms with Gasteiger partial charge in [-0.2, -0.15) is 0 Å². The number of alkyl halides is 1. The summed E-state index contributed by atoms with van der Waals surface area (Å²) < 4.78 is 12.4. The van der Waals surface area contributed by atoms with Gasteiger partial charge in [0, 0.05) is 37.3 Å². The number of nitrogens with zero attached hydrogens (tertiary/aromatic N) is 2. The molecule has 1 aliphatic heterocycles. The highest BCUT2D eigenvalue weighted by molar-refractivity contribution is 6.70. The molecule has 2 rings (SSSR count). The highest BCUT2D eigenvalue weighted by Crippen LogP contribution is 2.29. The Morgan fingerprint density at radius 1 is 0.710 bits per heavy atom. The quantitative estimate of drug-likeness (QED) is 0.303. The van der Waals surface area contributed by atoms with Gasteiger partial charge in [0.2, 0.25) is 0 Å². The second-order valence-corrected chi connectivity index (χ2v) is 12.8. The maximum absolute atomic E-state index is 6.67. The fourth-order valence-corrected chi connectivity index (χ4v) is 4.05. The number of ether oxygens (including phenoxy) is 2. The molecule has 156 valence electrons. The van der Waals surface area contributed by atoms with E-state index in [2.05, 4.69) is 120 Å². The lowest BCUT2D eigenvalue weighted by Crippen LogP contribution is -2.67. The summed E-state index contributed by atoms with van der Waals surface area (Å²) in [6.07, 6.45) is 0. The number of rotatable bonds is 8. The van der Waals surface area contributed by atoms with E-state index in [4.69, 9.17) is 21.1 Å². The Morgan fingerprint density at radius 3 is 1.61 bits per heavy atom. The van der Waals surface area contributed by atoms with E-state index in [0.29, 0.717) is 0 Å². The summed E-state index contributed by atoms with van der Waals surface area (Å²) in [5.41, 5.74) is 1.23. The van der Waals surface area contributed by atoms with E-state index in [1.165, 1.54) is 5.69 Å². The lowest BCUT2D eigenvalue weighted by molar-refractivity contribution is 0.00241. The van der Waals surface area contributed by atoms with Gasteiger partial charge in [0.05, 0.1) is 5.40 Å². The summed E-state index contributed by atoms with van der Waals surface area (Å²) in [5, 5.41) is -1.20. The second kappa shape index (κ2) is 9.18. The standard InChI is InChI=1S/C15H34B11ClN2O2/c16-11(17,27)12(18,19)29-7-5-28(6-8-29)9-1-3-10(4-2-9)30-13(20,21)14(22,23)31-15(24,25)26/h1-4H,5-8,16-26H2. The molecule has 1 aromatic carbocycles. The first-order chi connectivity index (χ1) is 13.9. The minimum absolute atomic E-state index is 0.0497. The van der Waals surface area contributed by atoms with E-state index in [-0.39, 0.29) is 15.3 Å². The molecular weight excluding hydrogens is 395 g/mol. The zero-order valence-electron chi connectivity index (χ0n) is 21.7. The van der Waals surface area contributed by atoms with Crippen molar-refractivity contribution < 1.29 is 9.47 Å². The molecule has 1 saturated heterocycles. The van der Waals surface area contributed by atoms with E-state index in [1.807, 2.05) is 0 Å². The molecule has 0 saturated carbocycles. The van der Waals surface area contributed by atoms with Crippen molar-refractivity contribution in [1.29, 1.82) is 0 Å². The van der Waals surface area contributed by atoms with Crippen molar-refractivity contribution in [3.05, 3.63) is 24.3 Å². The summed E-state index contributed by atoms with van der Waals surface area (Å²) >= 11 is 6.67. The van der Waals surface area contributed by atoms with E-state index < -0.39 is 10.8 Å². The predicted molar refractivity (Wildman–Crippen MR) is 165 cm³/mol. The predicted octanol–water partition coefficient (Wildman–Crippen LogP) is -9.37. The van der Waals surface area contributed by atoms with Crippen LogP contribution in [0.3, 0.4) is 0 Å². The molecular formula is C15H34B11ClN2O2. The van der Waals surface area contributed by atoms with Crippen molar-refractivity contribution in [2.45, 2.75) is 26.1 Å². The van der Waals surface area contributed by atoms with Crippen LogP contribution >= 0.6 is 11.6 Å². The SMILES string of the molecule is BC(B)(B)OC(B)(B)C(B)(B)Oc1ccc(N2CCN(C(B)(B)C(B)(B)Cl)CC2)cc1. The Kier molecular flexibility index (Phi) is 7.99. The number of hydrogen-bond donors (Lipinski definition) is 0. The Bertz CT molecular complexity index is 745. The van der Waals surface area contributed by atoms with Crippen molar-refractivity contribution in [1.82, 2.24) is 4.90 Å². The zero-order valence-corrected chi connectivity index (χ0v) is 22.5. The van der Waals surface area contributed by atoms with Crippen LogP contribution in [0.15, 0.2) is 24.3 Å². The van der Waals surface area contributed by atoms with Gasteiger partial charge in [0.15, 0.2) is 0 Å². The number of hydrogen-bond acceptors (Lipinski definition) is 4. The van der Waals surface area contributed by atoms with Gasteiger partial charge in [0.1, 0.15) is 92.1 Å². The topological polar surface area (TPSA) is 24.9 Å². The highest BCUT2D eigenvalue weighted by atomic mass is 35.5. The lowest BCUT2D eigenvalue weighted by Gasteiger charge is -2.51. The molecule has 1 aliphatic rings. The number of halogens is 1. The van der Waals surface area contributed by atoms with Crippen LogP contribution in [0.5, 0.6) is 5.75 Å². The van der Waals surface area contributed by atoms with Crippen LogP contribution in [-0.2, 0) is 4.74 Å². The van der Waals surface area contributed by atoms with Gasteiger partial charge in [-0.3, -0.25) is 0 Å². The first kappa shape index (κ1) is 27.0. The molecule has 0 spiro atoms. The number of benzene rings is 1. The first-order valence-electron chi connectivity index (χ1n) is 11.5. The van der Waals surface area contributed by atoms with Crippen LogP contribution in [0, 0.1) is 0 Å². The largest absolute Gasteiger partial charge is 0.504 e. The molecule has 1 fully saturated rings. The van der Waals surface area contributed by atoms with Gasteiger partial charge in [0.25, 0.3) is 0 Å². The first-order valence-corrected chi connectivity index (χ1v) is 11.9. The maximum Gasteiger partial charge on any atom is 0.148 e. The maximum atomic E-state index is 6.67. The van der Waals surface area contributed by atoms with Crippen LogP contribution in [0.4, 0.5) is 5.69 Å². The monoisotopic (exact) mass is 430 g/mol. The molecule has 1 heterocycles. The Hall–Kier alpha value is -0.256. The van der Waals surface area contributed by atoms with E-state index in [1.54, 1.807) is 0 Å². The molecule has 0 amide bonds. The fraction of sp³-hybridized carbons (Fsp3) is 0.600. The normalized spacial score (nSPS) is 17.4. The van der Waals surface area contributed by atoms with Crippen molar-refractivity contribution >= 4 is 104 Å². The van der Waals surface area contributed by atoms with Crippen LogP contribution in [0.1, 0.15) is 0 Å². The molecule has 4 nitrogen and oxygen atoms in total. The van der Waals surface area contributed by atoms with Crippen molar-refractivity contribution in [3.8, 4) is 5.75 Å². The van der Waals surface area contributed by atoms with Crippen molar-refractivity contribution in [2.24, 2.45) is 0 Å². The lowest BCUT2D eigenvalue weighted by atomic mass is 9.40. The molecule has 0 bridgehead atoms. The molecule has 0 aromatic heterocycles. The van der Waals surface area contributed by atoms with Crippen LogP contribution in [-0.4, -0.2) is 143 Å². The van der Waals surface area contributed by atoms with Gasteiger partial charge in [-0.05, 0) is 39.6 Å². The van der Waals surface area contributed by atoms with Gasteiger partial charge < -0.3 is 19.3 Å². The minimum Gasteiger partial charge on any atom is -0.504 e. The third-order valence-corrected chi connectivity index (χ3v) is 7.57. The average molecular weight is 429 g/mol. The smallest absolute Gasteiger partial charge is 0.148 e. The second-order valence-electron chi connectivity index (χ2n) is 11.8. The van der Waals surface area contributed by atoms with Gasteiger partial charge >= 0.3 is 0 Å². The van der Waals surface area contributed by atoms with Gasteiger partial charge in [-0.1, -0.05) is 0 Å². The minimum atomic E-state index is -0.479. The summed E-state index contributed by atoms with van der Waals surface area (Å²) in [6, 6.07) is 8.47. The van der Waals surface area contributed by atoms with E-state index >= 15 is 0 Å². The summed E-state index contributed by atoms with van der Waals surface area (Å²) in [4.78, 5) is 4.95. The van der Waals surface area contributed by atoms with Crippen LogP contribution in [0.25, 0.3) is 0 Å². The van der Waals surface area contributed by atoms with Gasteiger partial charge in [-0.15, -0.1) is 11.6 Å². The van der Waals surface area contributed by atoms with Crippen molar-refractivity contribution in [2.75, 3.05) is 31.1 Å². The summed E-state index contributed by atoms with van der Waals surface area (Å²) in [6.45, 7) is 4.00. The Morgan fingerprint density at radius 2 is 1.19 bits per heavy atom. The molecule has 1 aromatic rings. The Labute approximate surface area is 204 Å². The molecule has 0 atom stereocenters. The third kappa shape index (κ3) is 6.63. The highest BCUT2D eigenvalue weighted by Gasteiger charge is 2.42. The number of piperazine rings is 1. The fourth-order valence-electron chi connectivity index (χ4n) is 3.93. The summed E-state index contributed by atoms with van der Waals surface area (Å²) in [5.74, 6) is 0.864. The van der Waals surface area contributed by atoms with Crippen molar-refractivity contribution in [3.63, 3.8) is 0 Å². The zero-order chi connectivity index (χ0) is 23.9. The summed E-state index contributed by atoms with van der Waals surface area (Å²) in [7, 11) is 23.3. The van der Waals surface area contributed by atoms with E-state index in [9.17, 15) is 0 Å². The molecule has 0 radical (unpaired) electrons.